The van der Waals surface area contributed by atoms with Crippen LogP contribution in [0.25, 0.3) is 16.6 Å². The van der Waals surface area contributed by atoms with Crippen LogP contribution in [0.4, 0.5) is 4.39 Å². The zero-order valence-corrected chi connectivity index (χ0v) is 19.0. The third-order valence-electron chi connectivity index (χ3n) is 5.46. The summed E-state index contributed by atoms with van der Waals surface area (Å²) < 4.78 is 40.7. The van der Waals surface area contributed by atoms with Crippen molar-refractivity contribution in [1.29, 1.82) is 0 Å². The molecule has 0 amide bonds. The van der Waals surface area contributed by atoms with Gasteiger partial charge in [0, 0.05) is 5.38 Å². The largest absolute Gasteiger partial charge is 0.477 e. The lowest BCUT2D eigenvalue weighted by atomic mass is 10.0. The van der Waals surface area contributed by atoms with Gasteiger partial charge in [-0.2, -0.15) is 0 Å². The number of aromatic nitrogens is 2. The van der Waals surface area contributed by atoms with E-state index in [0.29, 0.717) is 10.1 Å². The number of carboxylic acid groups (broad SMARTS) is 1. The van der Waals surface area contributed by atoms with E-state index < -0.39 is 43.3 Å². The van der Waals surface area contributed by atoms with Gasteiger partial charge in [0.2, 0.25) is 0 Å². The number of nitrogens with one attached hydrogen (secondary N) is 1. The predicted molar refractivity (Wildman–Crippen MR) is 122 cm³/mol. The van der Waals surface area contributed by atoms with Gasteiger partial charge in [-0.25, -0.2) is 27.0 Å². The lowest BCUT2D eigenvalue weighted by molar-refractivity contribution is 0.0704. The molecule has 0 spiro atoms. The highest BCUT2D eigenvalue weighted by Crippen LogP contribution is 2.35. The van der Waals surface area contributed by atoms with Gasteiger partial charge in [-0.3, -0.25) is 4.79 Å². The van der Waals surface area contributed by atoms with Crippen molar-refractivity contribution in [2.75, 3.05) is 0 Å². The van der Waals surface area contributed by atoms with Crippen molar-refractivity contribution >= 4 is 38.0 Å². The minimum Gasteiger partial charge on any atom is -0.477 e. The van der Waals surface area contributed by atoms with Crippen molar-refractivity contribution in [1.82, 2.24) is 9.55 Å². The Balaban J connectivity index is 1.97. The van der Waals surface area contributed by atoms with E-state index in [1.165, 1.54) is 19.2 Å². The molecule has 11 heteroatoms. The van der Waals surface area contributed by atoms with Crippen LogP contribution in [0.15, 0.2) is 68.4 Å². The molecule has 170 valence electrons. The van der Waals surface area contributed by atoms with Crippen molar-refractivity contribution < 1.29 is 22.7 Å². The second kappa shape index (κ2) is 7.78. The predicted octanol–water partition coefficient (Wildman–Crippen LogP) is 3.29. The third-order valence-corrected chi connectivity index (χ3v) is 8.88. The molecule has 33 heavy (non-hydrogen) atoms. The summed E-state index contributed by atoms with van der Waals surface area (Å²) in [6, 6.07) is 11.2. The smallest absolute Gasteiger partial charge is 0.346 e. The molecule has 0 fully saturated rings. The number of carbonyl (C=O) groups is 1. The highest BCUT2D eigenvalue weighted by Gasteiger charge is 2.38. The van der Waals surface area contributed by atoms with Gasteiger partial charge >= 0.3 is 11.7 Å². The number of halogens is 1. The van der Waals surface area contributed by atoms with Gasteiger partial charge in [0.1, 0.15) is 10.7 Å². The van der Waals surface area contributed by atoms with Gasteiger partial charge in [0.25, 0.3) is 5.56 Å². The van der Waals surface area contributed by atoms with Gasteiger partial charge < -0.3 is 10.1 Å². The Bertz CT molecular complexity index is 1630. The van der Waals surface area contributed by atoms with Gasteiger partial charge in [-0.15, -0.1) is 11.3 Å². The summed E-state index contributed by atoms with van der Waals surface area (Å²) >= 11 is 0.738. The van der Waals surface area contributed by atoms with Crippen LogP contribution < -0.4 is 11.2 Å². The van der Waals surface area contributed by atoms with Crippen LogP contribution in [-0.2, 0) is 14.6 Å². The van der Waals surface area contributed by atoms with Crippen LogP contribution >= 0.6 is 11.3 Å². The van der Waals surface area contributed by atoms with Crippen molar-refractivity contribution in [3.05, 3.63) is 91.0 Å². The number of hydrogen-bond donors (Lipinski definition) is 2. The van der Waals surface area contributed by atoms with E-state index in [-0.39, 0.29) is 20.7 Å². The van der Waals surface area contributed by atoms with E-state index in [2.05, 4.69) is 4.98 Å². The molecule has 0 aliphatic rings. The standard InChI is InChI=1S/C22H17FN2O6S2/c1-22(2,12-6-4-3-5-7-12)33(30,31)13-8-9-14(23)16(10-13)25-19(26)17-15(24-21(25)29)11-32-18(17)20(27)28/h3-11H,1-2H3,(H,24,29)(H,27,28). The first kappa shape index (κ1) is 22.6. The number of sulfone groups is 1. The van der Waals surface area contributed by atoms with Gasteiger partial charge in [-0.1, -0.05) is 30.3 Å². The van der Waals surface area contributed by atoms with Crippen LogP contribution in [0, 0.1) is 5.82 Å². The SMILES string of the molecule is CC(C)(c1ccccc1)S(=O)(=O)c1ccc(F)c(-n2c(=O)[nH]c3csc(C(=O)O)c3c2=O)c1. The Morgan fingerprint density at radius 3 is 2.42 bits per heavy atom. The van der Waals surface area contributed by atoms with Crippen LogP contribution in [0.1, 0.15) is 29.1 Å². The molecular formula is C22H17FN2O6S2. The molecule has 0 unspecified atom stereocenters. The number of benzene rings is 2. The number of H-pyrrole nitrogens is 1. The average molecular weight is 489 g/mol. The topological polar surface area (TPSA) is 126 Å². The number of aromatic carboxylic acids is 1. The Morgan fingerprint density at radius 2 is 1.79 bits per heavy atom. The first-order valence-electron chi connectivity index (χ1n) is 9.56. The molecule has 2 aromatic heterocycles. The fraction of sp³-hybridized carbons (Fsp3) is 0.136. The van der Waals surface area contributed by atoms with E-state index in [4.69, 9.17) is 0 Å². The summed E-state index contributed by atoms with van der Waals surface area (Å²) in [5, 5.41) is 10.3. The number of carboxylic acids is 1. The Hall–Kier alpha value is -3.57. The van der Waals surface area contributed by atoms with Crippen LogP contribution in [0.5, 0.6) is 0 Å². The number of rotatable bonds is 5. The minimum atomic E-state index is -4.10. The monoisotopic (exact) mass is 488 g/mol. The van der Waals surface area contributed by atoms with Gasteiger partial charge in [0.05, 0.1) is 26.2 Å². The summed E-state index contributed by atoms with van der Waals surface area (Å²) in [7, 11) is -4.10. The first-order chi connectivity index (χ1) is 15.5. The zero-order valence-electron chi connectivity index (χ0n) is 17.3. The lowest BCUT2D eigenvalue weighted by Crippen LogP contribution is -2.35. The van der Waals surface area contributed by atoms with Crippen LogP contribution in [-0.4, -0.2) is 29.0 Å². The molecule has 2 aromatic carbocycles. The van der Waals surface area contributed by atoms with E-state index in [0.717, 1.165) is 29.5 Å². The first-order valence-corrected chi connectivity index (χ1v) is 11.9. The average Bonchev–Trinajstić information content (AvgIpc) is 3.19. The number of hydrogen-bond acceptors (Lipinski definition) is 6. The molecule has 0 aliphatic carbocycles. The number of thiophene rings is 1. The maximum Gasteiger partial charge on any atom is 0.346 e. The van der Waals surface area contributed by atoms with E-state index in [9.17, 15) is 32.3 Å². The molecular weight excluding hydrogens is 471 g/mol. The highest BCUT2D eigenvalue weighted by molar-refractivity contribution is 7.92. The Labute approximate surface area is 190 Å². The van der Waals surface area contributed by atoms with Gasteiger partial charge in [0.15, 0.2) is 9.84 Å². The minimum absolute atomic E-state index is 0.00181. The summed E-state index contributed by atoms with van der Waals surface area (Å²) in [6.45, 7) is 2.99. The van der Waals surface area contributed by atoms with E-state index in [1.54, 1.807) is 30.3 Å². The van der Waals surface area contributed by atoms with Crippen molar-refractivity contribution in [3.63, 3.8) is 0 Å². The molecule has 2 N–H and O–H groups in total. The lowest BCUT2D eigenvalue weighted by Gasteiger charge is -2.25. The third kappa shape index (κ3) is 3.49. The summed E-state index contributed by atoms with van der Waals surface area (Å²) in [6.07, 6.45) is 0. The Morgan fingerprint density at radius 1 is 1.12 bits per heavy atom. The molecule has 0 bridgehead atoms. The molecule has 0 radical (unpaired) electrons. The molecule has 4 rings (SSSR count). The highest BCUT2D eigenvalue weighted by atomic mass is 32.2. The van der Waals surface area contributed by atoms with E-state index >= 15 is 0 Å². The quantitative estimate of drug-likeness (QED) is 0.415. The van der Waals surface area contributed by atoms with Crippen LogP contribution in [0.3, 0.4) is 0 Å². The Kier molecular flexibility index (Phi) is 5.33. The molecule has 0 aliphatic heterocycles. The fourth-order valence-electron chi connectivity index (χ4n) is 3.53. The number of aromatic amines is 1. The second-order valence-corrected chi connectivity index (χ2v) is 11.1. The van der Waals surface area contributed by atoms with E-state index in [1.807, 2.05) is 0 Å². The summed E-state index contributed by atoms with van der Waals surface area (Å²) in [5.41, 5.74) is -2.20. The molecule has 0 saturated carbocycles. The molecule has 4 aromatic rings. The van der Waals surface area contributed by atoms with Crippen molar-refractivity contribution in [2.45, 2.75) is 23.5 Å². The van der Waals surface area contributed by atoms with Crippen molar-refractivity contribution in [2.24, 2.45) is 0 Å². The fourth-order valence-corrected chi connectivity index (χ4v) is 5.91. The zero-order chi connectivity index (χ0) is 24.1. The second-order valence-electron chi connectivity index (χ2n) is 7.72. The normalized spacial score (nSPS) is 12.2. The maximum atomic E-state index is 14.8. The molecule has 8 nitrogen and oxygen atoms in total. The summed E-state index contributed by atoms with van der Waals surface area (Å²) in [4.78, 5) is 38.9. The van der Waals surface area contributed by atoms with Gasteiger partial charge in [-0.05, 0) is 37.6 Å². The maximum absolute atomic E-state index is 14.8. The molecule has 0 atom stereocenters. The van der Waals surface area contributed by atoms with Crippen LogP contribution in [0.2, 0.25) is 0 Å². The molecule has 2 heterocycles. The number of nitrogens with zero attached hydrogens (tertiary/aromatic N) is 1. The summed E-state index contributed by atoms with van der Waals surface area (Å²) in [5.74, 6) is -2.40. The number of fused-ring (bicyclic) bond motifs is 1. The van der Waals surface area contributed by atoms with Crippen molar-refractivity contribution in [3.8, 4) is 5.69 Å². The molecule has 0 saturated heterocycles.